The van der Waals surface area contributed by atoms with Crippen LogP contribution in [0.15, 0.2) is 41.1 Å². The first kappa shape index (κ1) is 20.5. The molecule has 3 aromatic rings. The molecule has 0 spiro atoms. The van der Waals surface area contributed by atoms with Crippen molar-refractivity contribution in [2.75, 3.05) is 50.0 Å². The number of nitriles is 1. The molecule has 0 amide bonds. The zero-order chi connectivity index (χ0) is 20.9. The average molecular weight is 467 g/mol. The summed E-state index contributed by atoms with van der Waals surface area (Å²) in [5, 5.41) is 17.3. The summed E-state index contributed by atoms with van der Waals surface area (Å²) >= 11 is 3.57. The van der Waals surface area contributed by atoms with Crippen LogP contribution in [0.25, 0.3) is 10.9 Å². The minimum absolute atomic E-state index is 0.490. The fourth-order valence-corrected chi connectivity index (χ4v) is 3.77. The summed E-state index contributed by atoms with van der Waals surface area (Å²) in [5.74, 6) is 0.765. The van der Waals surface area contributed by atoms with Gasteiger partial charge in [-0.05, 0) is 30.7 Å². The van der Waals surface area contributed by atoms with E-state index in [1.165, 1.54) is 0 Å². The molecule has 0 aliphatic carbocycles. The largest absolute Gasteiger partial charge is 0.379 e. The highest BCUT2D eigenvalue weighted by Gasteiger charge is 2.13. The van der Waals surface area contributed by atoms with Crippen LogP contribution in [0.5, 0.6) is 0 Å². The minimum Gasteiger partial charge on any atom is -0.379 e. The van der Waals surface area contributed by atoms with Crippen LogP contribution in [0.1, 0.15) is 11.1 Å². The second-order valence-electron chi connectivity index (χ2n) is 7.22. The molecule has 0 saturated carbocycles. The molecule has 8 heteroatoms. The Morgan fingerprint density at radius 1 is 1.20 bits per heavy atom. The molecule has 0 unspecified atom stereocenters. The number of pyridine rings is 2. The Balaban J connectivity index is 1.58. The van der Waals surface area contributed by atoms with Crippen molar-refractivity contribution >= 4 is 44.0 Å². The number of aryl methyl sites for hydroxylation is 1. The van der Waals surface area contributed by atoms with E-state index in [0.29, 0.717) is 5.56 Å². The molecule has 2 N–H and O–H groups in total. The summed E-state index contributed by atoms with van der Waals surface area (Å²) in [4.78, 5) is 11.3. The maximum atomic E-state index is 9.62. The highest BCUT2D eigenvalue weighted by Crippen LogP contribution is 2.31. The molecule has 1 aliphatic heterocycles. The van der Waals surface area contributed by atoms with Crippen molar-refractivity contribution in [1.82, 2.24) is 14.9 Å². The van der Waals surface area contributed by atoms with E-state index in [4.69, 9.17) is 4.74 Å². The number of benzene rings is 1. The van der Waals surface area contributed by atoms with E-state index in [0.717, 1.165) is 77.5 Å². The summed E-state index contributed by atoms with van der Waals surface area (Å²) in [6.45, 7) is 7.27. The van der Waals surface area contributed by atoms with Crippen molar-refractivity contribution in [2.24, 2.45) is 0 Å². The molecule has 7 nitrogen and oxygen atoms in total. The van der Waals surface area contributed by atoms with E-state index in [9.17, 15) is 5.26 Å². The molecule has 1 aliphatic rings. The molecule has 1 fully saturated rings. The molecular weight excluding hydrogens is 444 g/mol. The van der Waals surface area contributed by atoms with E-state index in [2.05, 4.69) is 47.5 Å². The van der Waals surface area contributed by atoms with Crippen LogP contribution in [0.4, 0.5) is 17.2 Å². The van der Waals surface area contributed by atoms with Crippen LogP contribution >= 0.6 is 15.9 Å². The van der Waals surface area contributed by atoms with Gasteiger partial charge >= 0.3 is 0 Å². The Bertz CT molecular complexity index is 1090. The number of hydrogen-bond donors (Lipinski definition) is 2. The number of aromatic nitrogens is 2. The quantitative estimate of drug-likeness (QED) is 0.566. The minimum atomic E-state index is 0.490. The summed E-state index contributed by atoms with van der Waals surface area (Å²) in [5.41, 5.74) is 4.01. The smallest absolute Gasteiger partial charge is 0.126 e. The van der Waals surface area contributed by atoms with Crippen molar-refractivity contribution < 1.29 is 4.74 Å². The number of halogens is 1. The van der Waals surface area contributed by atoms with Crippen LogP contribution in [0.2, 0.25) is 0 Å². The Morgan fingerprint density at radius 3 is 2.80 bits per heavy atom. The van der Waals surface area contributed by atoms with Crippen LogP contribution in [0, 0.1) is 18.3 Å². The number of anilines is 3. The first-order valence-corrected chi connectivity index (χ1v) is 10.7. The molecule has 1 aromatic carbocycles. The molecule has 30 heavy (non-hydrogen) atoms. The van der Waals surface area contributed by atoms with Gasteiger partial charge in [0.2, 0.25) is 0 Å². The highest BCUT2D eigenvalue weighted by atomic mass is 79.9. The van der Waals surface area contributed by atoms with Crippen molar-refractivity contribution in [1.29, 1.82) is 5.26 Å². The van der Waals surface area contributed by atoms with Crippen molar-refractivity contribution in [2.45, 2.75) is 6.92 Å². The number of nitrogens with one attached hydrogen (secondary N) is 2. The monoisotopic (exact) mass is 466 g/mol. The molecule has 0 atom stereocenters. The van der Waals surface area contributed by atoms with Gasteiger partial charge in [0.15, 0.2) is 0 Å². The lowest BCUT2D eigenvalue weighted by Crippen LogP contribution is -2.39. The number of rotatable bonds is 6. The maximum Gasteiger partial charge on any atom is 0.126 e. The van der Waals surface area contributed by atoms with Gasteiger partial charge in [-0.25, -0.2) is 4.98 Å². The second kappa shape index (κ2) is 9.39. The Morgan fingerprint density at radius 2 is 2.03 bits per heavy atom. The van der Waals surface area contributed by atoms with E-state index in [-0.39, 0.29) is 0 Å². The molecular formula is C22H23BrN6O. The molecule has 0 radical (unpaired) electrons. The first-order valence-electron chi connectivity index (χ1n) is 9.90. The summed E-state index contributed by atoms with van der Waals surface area (Å²) < 4.78 is 6.40. The molecule has 4 rings (SSSR count). The van der Waals surface area contributed by atoms with Crippen LogP contribution in [0.3, 0.4) is 0 Å². The Labute approximate surface area is 184 Å². The predicted octanol–water partition coefficient (Wildman–Crippen LogP) is 4.06. The van der Waals surface area contributed by atoms with Gasteiger partial charge in [0.25, 0.3) is 0 Å². The van der Waals surface area contributed by atoms with Gasteiger partial charge in [-0.2, -0.15) is 5.26 Å². The topological polar surface area (TPSA) is 86.1 Å². The van der Waals surface area contributed by atoms with Gasteiger partial charge in [-0.15, -0.1) is 0 Å². The lowest BCUT2D eigenvalue weighted by molar-refractivity contribution is 0.0398. The SMILES string of the molecule is Cc1ccc(Nc2c(C#N)cnc3cnc(NCCN4CCOCC4)cc23)cc1Br. The van der Waals surface area contributed by atoms with Crippen molar-refractivity contribution in [3.05, 3.63) is 52.3 Å². The summed E-state index contributed by atoms with van der Waals surface area (Å²) in [7, 11) is 0. The van der Waals surface area contributed by atoms with E-state index < -0.39 is 0 Å². The summed E-state index contributed by atoms with van der Waals surface area (Å²) in [6.07, 6.45) is 3.32. The van der Waals surface area contributed by atoms with Gasteiger partial charge in [-0.1, -0.05) is 22.0 Å². The number of nitrogens with zero attached hydrogens (tertiary/aromatic N) is 4. The second-order valence-corrected chi connectivity index (χ2v) is 8.07. The molecule has 1 saturated heterocycles. The van der Waals surface area contributed by atoms with E-state index >= 15 is 0 Å². The van der Waals surface area contributed by atoms with Crippen molar-refractivity contribution in [3.63, 3.8) is 0 Å². The fourth-order valence-electron chi connectivity index (χ4n) is 3.39. The third-order valence-corrected chi connectivity index (χ3v) is 6.01. The van der Waals surface area contributed by atoms with Crippen molar-refractivity contribution in [3.8, 4) is 6.07 Å². The van der Waals surface area contributed by atoms with Gasteiger partial charge in [0.1, 0.15) is 11.9 Å². The molecule has 3 heterocycles. The molecule has 2 aromatic heterocycles. The van der Waals surface area contributed by atoms with Crippen LogP contribution < -0.4 is 10.6 Å². The number of fused-ring (bicyclic) bond motifs is 1. The molecule has 154 valence electrons. The van der Waals surface area contributed by atoms with Crippen LogP contribution in [-0.2, 0) is 4.74 Å². The van der Waals surface area contributed by atoms with E-state index in [1.54, 1.807) is 12.4 Å². The third kappa shape index (κ3) is 4.70. The number of morpholine rings is 1. The fraction of sp³-hybridized carbons (Fsp3) is 0.318. The standard InChI is InChI=1S/C22H23BrN6O/c1-15-2-3-17(10-19(15)23)28-22-16(12-24)13-26-20-14-27-21(11-18(20)22)25-4-5-29-6-8-30-9-7-29/h2-3,10-11,13-14H,4-9H2,1H3,(H,25,27)(H,26,28). The number of hydrogen-bond acceptors (Lipinski definition) is 7. The molecule has 0 bridgehead atoms. The zero-order valence-corrected chi connectivity index (χ0v) is 18.4. The average Bonchev–Trinajstić information content (AvgIpc) is 2.77. The lowest BCUT2D eigenvalue weighted by atomic mass is 10.1. The lowest BCUT2D eigenvalue weighted by Gasteiger charge is -2.26. The van der Waals surface area contributed by atoms with Gasteiger partial charge in [0.05, 0.1) is 36.2 Å². The Kier molecular flexibility index (Phi) is 6.43. The normalized spacial score (nSPS) is 14.4. The predicted molar refractivity (Wildman–Crippen MR) is 122 cm³/mol. The van der Waals surface area contributed by atoms with Gasteiger partial charge in [0, 0.05) is 47.9 Å². The highest BCUT2D eigenvalue weighted by molar-refractivity contribution is 9.10. The van der Waals surface area contributed by atoms with Gasteiger partial charge < -0.3 is 15.4 Å². The zero-order valence-electron chi connectivity index (χ0n) is 16.8. The summed E-state index contributed by atoms with van der Waals surface area (Å²) in [6, 6.07) is 10.2. The van der Waals surface area contributed by atoms with E-state index in [1.807, 2.05) is 31.2 Å². The first-order chi connectivity index (χ1) is 14.6. The van der Waals surface area contributed by atoms with Gasteiger partial charge in [-0.3, -0.25) is 9.88 Å². The third-order valence-electron chi connectivity index (χ3n) is 5.15. The Hall–Kier alpha value is -2.73. The van der Waals surface area contributed by atoms with Crippen LogP contribution in [-0.4, -0.2) is 54.3 Å². The maximum absolute atomic E-state index is 9.62. The number of ether oxygens (including phenoxy) is 1.